The Hall–Kier alpha value is -1.61. The smallest absolute Gasteiger partial charge is 0.193 e. The van der Waals surface area contributed by atoms with E-state index in [4.69, 9.17) is 4.74 Å². The molecule has 2 rings (SSSR count). The third-order valence-electron chi connectivity index (χ3n) is 4.59. The summed E-state index contributed by atoms with van der Waals surface area (Å²) in [6.45, 7) is 9.49. The molecule has 1 unspecified atom stereocenters. The summed E-state index contributed by atoms with van der Waals surface area (Å²) in [6.07, 6.45) is 2.10. The number of halogens is 1. The number of hydrogen-bond donors (Lipinski definition) is 1. The summed E-state index contributed by atoms with van der Waals surface area (Å²) in [5, 5.41) is 8.06. The van der Waals surface area contributed by atoms with Crippen molar-refractivity contribution in [2.75, 3.05) is 27.2 Å². The van der Waals surface area contributed by atoms with Crippen LogP contribution in [0, 0.1) is 5.92 Å². The molecule has 6 nitrogen and oxygen atoms in total. The van der Waals surface area contributed by atoms with Gasteiger partial charge in [0.05, 0.1) is 18.9 Å². The van der Waals surface area contributed by atoms with E-state index in [-0.39, 0.29) is 24.0 Å². The monoisotopic (exact) mass is 513 g/mol. The van der Waals surface area contributed by atoms with Gasteiger partial charge in [-0.15, -0.1) is 24.0 Å². The highest BCUT2D eigenvalue weighted by Gasteiger charge is 2.15. The Kier molecular flexibility index (Phi) is 11.3. The van der Waals surface area contributed by atoms with Crippen LogP contribution in [-0.4, -0.2) is 47.9 Å². The van der Waals surface area contributed by atoms with Gasteiger partial charge in [-0.25, -0.2) is 0 Å². The summed E-state index contributed by atoms with van der Waals surface area (Å²) in [6, 6.07) is 10.3. The molecule has 1 aromatic heterocycles. The Labute approximate surface area is 192 Å². The molecule has 0 fully saturated rings. The van der Waals surface area contributed by atoms with Gasteiger partial charge in [0.2, 0.25) is 0 Å². The lowest BCUT2D eigenvalue weighted by Crippen LogP contribution is -2.41. The quantitative estimate of drug-likeness (QED) is 0.313. The molecule has 1 atom stereocenters. The van der Waals surface area contributed by atoms with Crippen molar-refractivity contribution in [3.8, 4) is 0 Å². The fourth-order valence-corrected chi connectivity index (χ4v) is 3.15. The molecule has 0 saturated carbocycles. The van der Waals surface area contributed by atoms with E-state index in [2.05, 4.69) is 66.5 Å². The highest BCUT2D eigenvalue weighted by atomic mass is 127. The molecular formula is C22H36IN5O. The highest BCUT2D eigenvalue weighted by Crippen LogP contribution is 2.18. The number of rotatable bonds is 9. The molecule has 0 amide bonds. The Balaban J connectivity index is 0.00000420. The van der Waals surface area contributed by atoms with Gasteiger partial charge in [-0.05, 0) is 17.4 Å². The maximum Gasteiger partial charge on any atom is 0.193 e. The molecule has 1 aromatic carbocycles. The second-order valence-electron chi connectivity index (χ2n) is 7.76. The normalized spacial score (nSPS) is 12.6. The van der Waals surface area contributed by atoms with E-state index in [0.29, 0.717) is 25.0 Å². The van der Waals surface area contributed by atoms with Crippen molar-refractivity contribution in [2.24, 2.45) is 18.0 Å². The molecule has 0 radical (unpaired) electrons. The van der Waals surface area contributed by atoms with Crippen LogP contribution in [0.5, 0.6) is 0 Å². The Morgan fingerprint density at radius 2 is 1.93 bits per heavy atom. The van der Waals surface area contributed by atoms with E-state index in [1.54, 1.807) is 0 Å². The van der Waals surface area contributed by atoms with E-state index in [9.17, 15) is 0 Å². The molecular weight excluding hydrogens is 477 g/mol. The van der Waals surface area contributed by atoms with Crippen LogP contribution >= 0.6 is 24.0 Å². The van der Waals surface area contributed by atoms with E-state index in [0.717, 1.165) is 24.7 Å². The molecule has 162 valence electrons. The lowest BCUT2D eigenvalue weighted by atomic mass is 10.1. The Bertz CT molecular complexity index is 745. The van der Waals surface area contributed by atoms with Crippen LogP contribution in [-0.2, 0) is 24.9 Å². The molecule has 0 saturated heterocycles. The summed E-state index contributed by atoms with van der Waals surface area (Å²) in [4.78, 5) is 6.57. The number of aliphatic imine (C=N–C) groups is 1. The van der Waals surface area contributed by atoms with Gasteiger partial charge in [0.15, 0.2) is 5.96 Å². The van der Waals surface area contributed by atoms with Gasteiger partial charge >= 0.3 is 0 Å². The second kappa shape index (κ2) is 12.8. The van der Waals surface area contributed by atoms with Crippen LogP contribution in [0.3, 0.4) is 0 Å². The predicted octanol–water partition coefficient (Wildman–Crippen LogP) is 4.02. The van der Waals surface area contributed by atoms with Crippen LogP contribution in [0.25, 0.3) is 0 Å². The molecule has 1 heterocycles. The summed E-state index contributed by atoms with van der Waals surface area (Å²) >= 11 is 0. The molecule has 0 aliphatic heterocycles. The van der Waals surface area contributed by atoms with E-state index < -0.39 is 0 Å². The standard InChI is InChI=1S/C22H35N5O.HI/c1-17(2)21-20(14-27(6)25-21)13-26(5)22(23-4)24-12-18(3)15-28-16-19-10-8-7-9-11-19;/h7-11,14,17-18H,12-13,15-16H2,1-6H3,(H,23,24);1H. The zero-order valence-electron chi connectivity index (χ0n) is 18.6. The minimum absolute atomic E-state index is 0. The zero-order valence-corrected chi connectivity index (χ0v) is 20.9. The largest absolute Gasteiger partial charge is 0.376 e. The van der Waals surface area contributed by atoms with Gasteiger partial charge in [0.1, 0.15) is 0 Å². The van der Waals surface area contributed by atoms with E-state index in [1.807, 2.05) is 37.0 Å². The summed E-state index contributed by atoms with van der Waals surface area (Å²) in [7, 11) is 5.85. The van der Waals surface area contributed by atoms with Gasteiger partial charge in [0.25, 0.3) is 0 Å². The number of hydrogen-bond acceptors (Lipinski definition) is 3. The first-order chi connectivity index (χ1) is 13.4. The van der Waals surface area contributed by atoms with Crippen molar-refractivity contribution >= 4 is 29.9 Å². The minimum atomic E-state index is 0. The van der Waals surface area contributed by atoms with Gasteiger partial charge in [-0.2, -0.15) is 5.10 Å². The maximum atomic E-state index is 5.84. The highest BCUT2D eigenvalue weighted by molar-refractivity contribution is 14.0. The molecule has 7 heteroatoms. The van der Waals surface area contributed by atoms with Crippen molar-refractivity contribution in [2.45, 2.75) is 39.8 Å². The van der Waals surface area contributed by atoms with Gasteiger partial charge in [-0.3, -0.25) is 9.67 Å². The lowest BCUT2D eigenvalue weighted by molar-refractivity contribution is 0.0929. The van der Waals surface area contributed by atoms with Crippen molar-refractivity contribution in [1.82, 2.24) is 20.0 Å². The topological polar surface area (TPSA) is 54.7 Å². The first-order valence-electron chi connectivity index (χ1n) is 9.96. The average Bonchev–Trinajstić information content (AvgIpc) is 3.03. The van der Waals surface area contributed by atoms with Gasteiger partial charge in [0, 0.05) is 46.0 Å². The molecule has 1 N–H and O–H groups in total. The number of nitrogens with zero attached hydrogens (tertiary/aromatic N) is 4. The fraction of sp³-hybridized carbons (Fsp3) is 0.545. The van der Waals surface area contributed by atoms with Crippen molar-refractivity contribution in [1.29, 1.82) is 0 Å². The zero-order chi connectivity index (χ0) is 20.5. The second-order valence-corrected chi connectivity index (χ2v) is 7.76. The molecule has 29 heavy (non-hydrogen) atoms. The molecule has 2 aromatic rings. The summed E-state index contributed by atoms with van der Waals surface area (Å²) in [5.74, 6) is 1.67. The average molecular weight is 513 g/mol. The molecule has 0 bridgehead atoms. The first-order valence-corrected chi connectivity index (χ1v) is 9.96. The van der Waals surface area contributed by atoms with Crippen LogP contribution in [0.15, 0.2) is 41.5 Å². The lowest BCUT2D eigenvalue weighted by Gasteiger charge is -2.24. The van der Waals surface area contributed by atoms with Crippen molar-refractivity contribution < 1.29 is 4.74 Å². The van der Waals surface area contributed by atoms with Crippen LogP contribution in [0.1, 0.15) is 43.5 Å². The SMILES string of the molecule is CN=C(NCC(C)COCc1ccccc1)N(C)Cc1cn(C)nc1C(C)C.I. The molecule has 0 aliphatic carbocycles. The number of benzene rings is 1. The molecule has 0 spiro atoms. The van der Waals surface area contributed by atoms with Gasteiger partial charge in [-0.1, -0.05) is 51.1 Å². The van der Waals surface area contributed by atoms with Crippen LogP contribution in [0.2, 0.25) is 0 Å². The van der Waals surface area contributed by atoms with Gasteiger partial charge < -0.3 is 15.0 Å². The third-order valence-corrected chi connectivity index (χ3v) is 4.59. The Morgan fingerprint density at radius 1 is 1.24 bits per heavy atom. The summed E-state index contributed by atoms with van der Waals surface area (Å²) in [5.41, 5.74) is 3.59. The Morgan fingerprint density at radius 3 is 2.55 bits per heavy atom. The number of aromatic nitrogens is 2. The van der Waals surface area contributed by atoms with E-state index >= 15 is 0 Å². The first kappa shape index (κ1) is 25.4. The fourth-order valence-electron chi connectivity index (χ4n) is 3.15. The number of guanidine groups is 1. The molecule has 0 aliphatic rings. The van der Waals surface area contributed by atoms with Crippen LogP contribution in [0.4, 0.5) is 0 Å². The predicted molar refractivity (Wildman–Crippen MR) is 131 cm³/mol. The number of nitrogens with one attached hydrogen (secondary N) is 1. The number of aryl methyl sites for hydroxylation is 1. The minimum Gasteiger partial charge on any atom is -0.376 e. The van der Waals surface area contributed by atoms with Crippen molar-refractivity contribution in [3.63, 3.8) is 0 Å². The van der Waals surface area contributed by atoms with Crippen molar-refractivity contribution in [3.05, 3.63) is 53.3 Å². The van der Waals surface area contributed by atoms with Crippen LogP contribution < -0.4 is 5.32 Å². The maximum absolute atomic E-state index is 5.84. The van der Waals surface area contributed by atoms with E-state index in [1.165, 1.54) is 11.1 Å². The summed E-state index contributed by atoms with van der Waals surface area (Å²) < 4.78 is 7.73. The number of ether oxygens (including phenoxy) is 1. The third kappa shape index (κ3) is 8.34.